The third-order valence-electron chi connectivity index (χ3n) is 4.36. The lowest BCUT2D eigenvalue weighted by atomic mass is 10.1. The molecule has 29 heavy (non-hydrogen) atoms. The van der Waals surface area contributed by atoms with Gasteiger partial charge in [-0.1, -0.05) is 29.3 Å². The van der Waals surface area contributed by atoms with Crippen LogP contribution >= 0.6 is 23.2 Å². The lowest BCUT2D eigenvalue weighted by Crippen LogP contribution is -2.28. The van der Waals surface area contributed by atoms with Gasteiger partial charge in [-0.15, -0.1) is 0 Å². The molecule has 2 aromatic carbocycles. The van der Waals surface area contributed by atoms with Gasteiger partial charge in [0.2, 0.25) is 5.91 Å². The number of hydrogen-bond acceptors (Lipinski definition) is 5. The van der Waals surface area contributed by atoms with Gasteiger partial charge < -0.3 is 19.7 Å². The molecular formula is C20H18Cl2N2O5. The Labute approximate surface area is 177 Å². The van der Waals surface area contributed by atoms with Crippen molar-refractivity contribution in [2.24, 2.45) is 5.92 Å². The molecular weight excluding hydrogens is 419 g/mol. The van der Waals surface area contributed by atoms with Crippen molar-refractivity contribution in [2.75, 3.05) is 30.5 Å². The fraction of sp³-hybridized carbons (Fsp3) is 0.250. The third-order valence-corrected chi connectivity index (χ3v) is 4.83. The van der Waals surface area contributed by atoms with Crippen molar-refractivity contribution in [2.45, 2.75) is 6.42 Å². The highest BCUT2D eigenvalue weighted by molar-refractivity contribution is 6.31. The molecule has 1 N–H and O–H groups in total. The Morgan fingerprint density at radius 3 is 2.66 bits per heavy atom. The molecule has 0 saturated carbocycles. The topological polar surface area (TPSA) is 84.9 Å². The predicted octanol–water partition coefficient (Wildman–Crippen LogP) is 3.54. The highest BCUT2D eigenvalue weighted by atomic mass is 35.5. The number of benzene rings is 2. The number of carbonyl (C=O) groups is 3. The fourth-order valence-corrected chi connectivity index (χ4v) is 3.33. The molecule has 0 aliphatic carbocycles. The highest BCUT2D eigenvalue weighted by Crippen LogP contribution is 2.29. The first-order chi connectivity index (χ1) is 13.9. The molecule has 0 unspecified atom stereocenters. The number of nitrogens with zero attached hydrogens (tertiary/aromatic N) is 1. The minimum Gasteiger partial charge on any atom is -0.495 e. The number of hydrogen-bond donors (Lipinski definition) is 1. The number of ether oxygens (including phenoxy) is 2. The number of methoxy groups -OCH3 is 1. The van der Waals surface area contributed by atoms with Crippen LogP contribution in [0.2, 0.25) is 10.0 Å². The molecule has 1 aliphatic heterocycles. The Kier molecular flexibility index (Phi) is 6.61. The second kappa shape index (κ2) is 9.15. The summed E-state index contributed by atoms with van der Waals surface area (Å²) in [5.41, 5.74) is 0.979. The first-order valence-corrected chi connectivity index (χ1v) is 9.49. The Morgan fingerprint density at radius 1 is 1.17 bits per heavy atom. The first kappa shape index (κ1) is 21.0. The maximum absolute atomic E-state index is 12.3. The van der Waals surface area contributed by atoms with Gasteiger partial charge >= 0.3 is 5.97 Å². The average Bonchev–Trinajstić information content (AvgIpc) is 3.08. The van der Waals surface area contributed by atoms with Gasteiger partial charge in [-0.05, 0) is 36.4 Å². The van der Waals surface area contributed by atoms with E-state index in [0.717, 1.165) is 0 Å². The lowest BCUT2D eigenvalue weighted by Gasteiger charge is -2.16. The number of anilines is 2. The van der Waals surface area contributed by atoms with Crippen LogP contribution in [0.5, 0.6) is 5.75 Å². The van der Waals surface area contributed by atoms with Crippen LogP contribution in [-0.2, 0) is 19.1 Å². The van der Waals surface area contributed by atoms with Gasteiger partial charge in [-0.25, -0.2) is 0 Å². The number of halogens is 2. The molecule has 2 aromatic rings. The smallest absolute Gasteiger partial charge is 0.311 e. The monoisotopic (exact) mass is 436 g/mol. The van der Waals surface area contributed by atoms with Crippen LogP contribution in [0.25, 0.3) is 0 Å². The van der Waals surface area contributed by atoms with E-state index in [-0.39, 0.29) is 18.9 Å². The van der Waals surface area contributed by atoms with E-state index in [2.05, 4.69) is 5.32 Å². The Bertz CT molecular complexity index is 950. The van der Waals surface area contributed by atoms with Gasteiger partial charge in [0, 0.05) is 28.7 Å². The van der Waals surface area contributed by atoms with Crippen LogP contribution in [0.1, 0.15) is 6.42 Å². The van der Waals surface area contributed by atoms with E-state index in [1.165, 1.54) is 18.1 Å². The van der Waals surface area contributed by atoms with Gasteiger partial charge in [-0.2, -0.15) is 0 Å². The molecule has 3 rings (SSSR count). The van der Waals surface area contributed by atoms with Crippen molar-refractivity contribution in [3.63, 3.8) is 0 Å². The number of rotatable bonds is 6. The van der Waals surface area contributed by atoms with E-state index in [1.807, 2.05) is 0 Å². The molecule has 1 fully saturated rings. The Morgan fingerprint density at radius 2 is 1.93 bits per heavy atom. The summed E-state index contributed by atoms with van der Waals surface area (Å²) in [6.45, 7) is -0.321. The van der Waals surface area contributed by atoms with E-state index in [1.54, 1.807) is 36.4 Å². The maximum atomic E-state index is 12.3. The molecule has 7 nitrogen and oxygen atoms in total. The van der Waals surface area contributed by atoms with Crippen LogP contribution in [0.4, 0.5) is 11.4 Å². The summed E-state index contributed by atoms with van der Waals surface area (Å²) < 4.78 is 10.2. The van der Waals surface area contributed by atoms with Crippen LogP contribution in [-0.4, -0.2) is 38.0 Å². The molecule has 1 heterocycles. The summed E-state index contributed by atoms with van der Waals surface area (Å²) in [6.07, 6.45) is 0.00901. The zero-order valence-corrected chi connectivity index (χ0v) is 17.0. The lowest BCUT2D eigenvalue weighted by molar-refractivity contribution is -0.151. The van der Waals surface area contributed by atoms with Gasteiger partial charge in [0.15, 0.2) is 6.61 Å². The van der Waals surface area contributed by atoms with Crippen molar-refractivity contribution in [3.8, 4) is 5.75 Å². The molecule has 0 radical (unpaired) electrons. The van der Waals surface area contributed by atoms with E-state index >= 15 is 0 Å². The van der Waals surface area contributed by atoms with E-state index in [9.17, 15) is 14.4 Å². The van der Waals surface area contributed by atoms with Crippen molar-refractivity contribution in [3.05, 3.63) is 52.5 Å². The number of amides is 2. The van der Waals surface area contributed by atoms with Gasteiger partial charge in [-0.3, -0.25) is 14.4 Å². The summed E-state index contributed by atoms with van der Waals surface area (Å²) in [5, 5.41) is 3.50. The molecule has 0 spiro atoms. The van der Waals surface area contributed by atoms with Crippen molar-refractivity contribution in [1.29, 1.82) is 0 Å². The number of esters is 1. The van der Waals surface area contributed by atoms with Gasteiger partial charge in [0.25, 0.3) is 5.91 Å². The SMILES string of the molecule is COc1ccc(Cl)cc1NC(=O)COC(=O)[C@H]1CC(=O)N(c2cccc(Cl)c2)C1. The third kappa shape index (κ3) is 5.19. The largest absolute Gasteiger partial charge is 0.495 e. The molecule has 1 saturated heterocycles. The summed E-state index contributed by atoms with van der Waals surface area (Å²) in [5.74, 6) is -1.60. The molecule has 1 atom stereocenters. The molecule has 0 bridgehead atoms. The first-order valence-electron chi connectivity index (χ1n) is 8.73. The normalized spacial score (nSPS) is 15.9. The van der Waals surface area contributed by atoms with Crippen LogP contribution in [0, 0.1) is 5.92 Å². The number of carbonyl (C=O) groups excluding carboxylic acids is 3. The summed E-state index contributed by atoms with van der Waals surface area (Å²) in [6, 6.07) is 11.6. The zero-order valence-electron chi connectivity index (χ0n) is 15.5. The maximum Gasteiger partial charge on any atom is 0.311 e. The van der Waals surface area contributed by atoms with E-state index in [4.69, 9.17) is 32.7 Å². The highest BCUT2D eigenvalue weighted by Gasteiger charge is 2.36. The minimum atomic E-state index is -0.657. The second-order valence-corrected chi connectivity index (χ2v) is 7.26. The van der Waals surface area contributed by atoms with Crippen LogP contribution < -0.4 is 15.0 Å². The van der Waals surface area contributed by atoms with Gasteiger partial charge in [0.1, 0.15) is 5.75 Å². The van der Waals surface area contributed by atoms with Crippen molar-refractivity contribution in [1.82, 2.24) is 0 Å². The second-order valence-electron chi connectivity index (χ2n) is 6.39. The van der Waals surface area contributed by atoms with Crippen LogP contribution in [0.3, 0.4) is 0 Å². The summed E-state index contributed by atoms with van der Waals surface area (Å²) >= 11 is 11.9. The van der Waals surface area contributed by atoms with E-state index in [0.29, 0.717) is 27.2 Å². The molecule has 2 amide bonds. The number of nitrogens with one attached hydrogen (secondary N) is 1. The van der Waals surface area contributed by atoms with Crippen molar-refractivity contribution >= 4 is 52.4 Å². The molecule has 1 aliphatic rings. The minimum absolute atomic E-state index is 0.00901. The van der Waals surface area contributed by atoms with Crippen LogP contribution in [0.15, 0.2) is 42.5 Å². The van der Waals surface area contributed by atoms with Crippen molar-refractivity contribution < 1.29 is 23.9 Å². The molecule has 152 valence electrons. The standard InChI is InChI=1S/C20H18Cl2N2O5/c1-28-17-6-5-14(22)9-16(17)23-18(25)11-29-20(27)12-7-19(26)24(10-12)15-4-2-3-13(21)8-15/h2-6,8-9,12H,7,10-11H2,1H3,(H,23,25)/t12-/m0/s1. The zero-order chi connectivity index (χ0) is 21.0. The quantitative estimate of drug-likeness (QED) is 0.699. The fourth-order valence-electron chi connectivity index (χ4n) is 2.98. The average molecular weight is 437 g/mol. The van der Waals surface area contributed by atoms with E-state index < -0.39 is 24.4 Å². The molecule has 9 heteroatoms. The Balaban J connectivity index is 1.55. The predicted molar refractivity (Wildman–Crippen MR) is 110 cm³/mol. The molecule has 0 aromatic heterocycles. The summed E-state index contributed by atoms with van der Waals surface area (Å²) in [4.78, 5) is 38.2. The summed E-state index contributed by atoms with van der Waals surface area (Å²) in [7, 11) is 1.46. The Hall–Kier alpha value is -2.77. The van der Waals surface area contributed by atoms with Gasteiger partial charge in [0.05, 0.1) is 18.7 Å².